The zero-order valence-corrected chi connectivity index (χ0v) is 10.0. The Labute approximate surface area is 103 Å². The molecule has 5 heteroatoms. The molecule has 1 N–H and O–H groups in total. The van der Waals surface area contributed by atoms with Gasteiger partial charge in [0.15, 0.2) is 0 Å². The van der Waals surface area contributed by atoms with E-state index < -0.39 is 6.43 Å². The number of pyridine rings is 1. The highest BCUT2D eigenvalue weighted by Gasteiger charge is 2.23. The molecule has 17 heavy (non-hydrogen) atoms. The summed E-state index contributed by atoms with van der Waals surface area (Å²) in [5, 5.41) is 8.95. The maximum Gasteiger partial charge on any atom is 0.265 e. The first-order valence-electron chi connectivity index (χ1n) is 5.61. The lowest BCUT2D eigenvalue weighted by molar-refractivity contribution is 0.149. The minimum absolute atomic E-state index is 0.0596. The number of hydrogen-bond acceptors (Lipinski definition) is 2. The molecule has 1 heterocycles. The zero-order chi connectivity index (χ0) is 12.4. The Kier molecular flexibility index (Phi) is 3.53. The van der Waals surface area contributed by atoms with Gasteiger partial charge in [-0.05, 0) is 31.2 Å². The van der Waals surface area contributed by atoms with Gasteiger partial charge in [-0.3, -0.25) is 0 Å². The molecule has 0 unspecified atom stereocenters. The van der Waals surface area contributed by atoms with Crippen LogP contribution in [0.2, 0.25) is 0 Å². The molecule has 0 atom stereocenters. The van der Waals surface area contributed by atoms with Crippen LogP contribution >= 0.6 is 12.2 Å². The Morgan fingerprint density at radius 2 is 1.94 bits per heavy atom. The molecule has 1 aliphatic carbocycles. The molecule has 0 spiro atoms. The predicted molar refractivity (Wildman–Crippen MR) is 62.6 cm³/mol. The average Bonchev–Trinajstić information content (AvgIpc) is 2.51. The summed E-state index contributed by atoms with van der Waals surface area (Å²) in [6, 6.07) is 1.80. The second-order valence-corrected chi connectivity index (χ2v) is 4.58. The van der Waals surface area contributed by atoms with E-state index in [0.29, 0.717) is 12.0 Å². The van der Waals surface area contributed by atoms with Gasteiger partial charge in [0.1, 0.15) is 10.7 Å². The van der Waals surface area contributed by atoms with Gasteiger partial charge in [0.05, 0.1) is 5.56 Å². The number of nitriles is 1. The van der Waals surface area contributed by atoms with Crippen molar-refractivity contribution in [2.45, 2.75) is 38.5 Å². The van der Waals surface area contributed by atoms with Gasteiger partial charge >= 0.3 is 0 Å². The van der Waals surface area contributed by atoms with Gasteiger partial charge in [-0.15, -0.1) is 0 Å². The standard InChI is InChI=1S/C12H12F2N2S/c13-11(14)10-7-4-2-1-3-5-9(7)16-12(17)8(10)6-15/h11H,1-5H2,(H,16,17). The zero-order valence-electron chi connectivity index (χ0n) is 9.22. The number of aromatic nitrogens is 1. The van der Waals surface area contributed by atoms with Crippen LogP contribution in [0.1, 0.15) is 48.1 Å². The van der Waals surface area contributed by atoms with E-state index >= 15 is 0 Å². The van der Waals surface area contributed by atoms with Crippen LogP contribution in [-0.2, 0) is 12.8 Å². The third-order valence-electron chi connectivity index (χ3n) is 3.13. The highest BCUT2D eigenvalue weighted by Crippen LogP contribution is 2.32. The van der Waals surface area contributed by atoms with Crippen LogP contribution in [0, 0.1) is 16.0 Å². The van der Waals surface area contributed by atoms with Crippen molar-refractivity contribution in [3.63, 3.8) is 0 Å². The smallest absolute Gasteiger partial charge is 0.265 e. The number of aryl methyl sites for hydroxylation is 1. The van der Waals surface area contributed by atoms with E-state index in [1.165, 1.54) is 0 Å². The third-order valence-corrected chi connectivity index (χ3v) is 3.44. The fraction of sp³-hybridized carbons (Fsp3) is 0.500. The van der Waals surface area contributed by atoms with Gasteiger partial charge in [-0.1, -0.05) is 18.6 Å². The topological polar surface area (TPSA) is 39.6 Å². The molecule has 0 aliphatic heterocycles. The van der Waals surface area contributed by atoms with E-state index in [4.69, 9.17) is 17.5 Å². The van der Waals surface area contributed by atoms with E-state index in [-0.39, 0.29) is 15.8 Å². The summed E-state index contributed by atoms with van der Waals surface area (Å²) >= 11 is 4.98. The summed E-state index contributed by atoms with van der Waals surface area (Å²) in [6.45, 7) is 0. The lowest BCUT2D eigenvalue weighted by atomic mass is 9.98. The Bertz CT molecular complexity index is 529. The van der Waals surface area contributed by atoms with Gasteiger partial charge in [0.25, 0.3) is 6.43 Å². The molecule has 90 valence electrons. The second-order valence-electron chi connectivity index (χ2n) is 4.17. The van der Waals surface area contributed by atoms with E-state index in [9.17, 15) is 8.78 Å². The fourth-order valence-corrected chi connectivity index (χ4v) is 2.62. The molecule has 2 nitrogen and oxygen atoms in total. The Morgan fingerprint density at radius 1 is 1.24 bits per heavy atom. The maximum atomic E-state index is 13.1. The molecule has 0 fully saturated rings. The van der Waals surface area contributed by atoms with Crippen LogP contribution in [0.3, 0.4) is 0 Å². The van der Waals surface area contributed by atoms with Gasteiger partial charge in [0.2, 0.25) is 0 Å². The van der Waals surface area contributed by atoms with Crippen LogP contribution in [-0.4, -0.2) is 4.98 Å². The Morgan fingerprint density at radius 3 is 2.59 bits per heavy atom. The number of aromatic amines is 1. The van der Waals surface area contributed by atoms with E-state index in [1.807, 2.05) is 0 Å². The predicted octanol–water partition coefficient (Wildman–Crippen LogP) is 3.82. The minimum Gasteiger partial charge on any atom is -0.349 e. The van der Waals surface area contributed by atoms with Crippen LogP contribution < -0.4 is 0 Å². The van der Waals surface area contributed by atoms with Crippen molar-refractivity contribution in [1.29, 1.82) is 5.26 Å². The molecule has 0 saturated carbocycles. The number of fused-ring (bicyclic) bond motifs is 1. The third kappa shape index (κ3) is 2.22. The van der Waals surface area contributed by atoms with Gasteiger partial charge in [-0.2, -0.15) is 5.26 Å². The number of nitrogens with zero attached hydrogens (tertiary/aromatic N) is 1. The Balaban J connectivity index is 2.72. The average molecular weight is 254 g/mol. The van der Waals surface area contributed by atoms with Crippen molar-refractivity contribution in [1.82, 2.24) is 4.98 Å². The monoisotopic (exact) mass is 254 g/mol. The fourth-order valence-electron chi connectivity index (χ4n) is 2.34. The minimum atomic E-state index is -2.63. The van der Waals surface area contributed by atoms with Crippen molar-refractivity contribution in [3.8, 4) is 6.07 Å². The number of hydrogen-bond donors (Lipinski definition) is 1. The van der Waals surface area contributed by atoms with Crippen LogP contribution in [0.15, 0.2) is 0 Å². The molecule has 1 aliphatic rings. The first-order valence-corrected chi connectivity index (χ1v) is 6.02. The highest BCUT2D eigenvalue weighted by molar-refractivity contribution is 7.71. The molecule has 2 rings (SSSR count). The maximum absolute atomic E-state index is 13.1. The number of halogens is 2. The SMILES string of the molecule is N#Cc1c(C(F)F)c2c([nH]c1=S)CCCCC2. The first-order chi connectivity index (χ1) is 8.15. The van der Waals surface area contributed by atoms with E-state index in [1.54, 1.807) is 6.07 Å². The molecule has 0 radical (unpaired) electrons. The van der Waals surface area contributed by atoms with Crippen molar-refractivity contribution in [2.24, 2.45) is 0 Å². The molecular weight excluding hydrogens is 242 g/mol. The molecule has 1 aromatic heterocycles. The number of H-pyrrole nitrogens is 1. The number of rotatable bonds is 1. The van der Waals surface area contributed by atoms with Crippen LogP contribution in [0.4, 0.5) is 8.78 Å². The van der Waals surface area contributed by atoms with Crippen molar-refractivity contribution < 1.29 is 8.78 Å². The lowest BCUT2D eigenvalue weighted by Crippen LogP contribution is -2.06. The molecule has 0 aromatic carbocycles. The largest absolute Gasteiger partial charge is 0.349 e. The van der Waals surface area contributed by atoms with Crippen LogP contribution in [0.5, 0.6) is 0 Å². The molecule has 1 aromatic rings. The molecule has 0 amide bonds. The summed E-state index contributed by atoms with van der Waals surface area (Å²) in [6.07, 6.45) is 1.61. The number of nitrogens with one attached hydrogen (secondary N) is 1. The summed E-state index contributed by atoms with van der Waals surface area (Å²) in [5.41, 5.74) is 1.20. The van der Waals surface area contributed by atoms with Gasteiger partial charge < -0.3 is 4.98 Å². The van der Waals surface area contributed by atoms with E-state index in [0.717, 1.165) is 31.4 Å². The van der Waals surface area contributed by atoms with Crippen LogP contribution in [0.25, 0.3) is 0 Å². The van der Waals surface area contributed by atoms with Crippen molar-refractivity contribution >= 4 is 12.2 Å². The lowest BCUT2D eigenvalue weighted by Gasteiger charge is -2.13. The van der Waals surface area contributed by atoms with Gasteiger partial charge in [0, 0.05) is 11.3 Å². The normalized spacial score (nSPS) is 15.2. The quantitative estimate of drug-likeness (QED) is 0.611. The van der Waals surface area contributed by atoms with Crippen molar-refractivity contribution in [3.05, 3.63) is 27.0 Å². The molecule has 0 saturated heterocycles. The summed E-state index contributed by atoms with van der Waals surface area (Å²) in [4.78, 5) is 2.94. The Hall–Kier alpha value is -1.28. The van der Waals surface area contributed by atoms with Gasteiger partial charge in [-0.25, -0.2) is 8.78 Å². The second kappa shape index (κ2) is 4.92. The van der Waals surface area contributed by atoms with E-state index in [2.05, 4.69) is 4.98 Å². The summed E-state index contributed by atoms with van der Waals surface area (Å²) < 4.78 is 26.3. The molecule has 0 bridgehead atoms. The first kappa shape index (κ1) is 12.2. The molecular formula is C12H12F2N2S. The summed E-state index contributed by atoms with van der Waals surface area (Å²) in [5.74, 6) is 0. The summed E-state index contributed by atoms with van der Waals surface area (Å²) in [7, 11) is 0. The highest BCUT2D eigenvalue weighted by atomic mass is 32.1. The number of alkyl halides is 2. The van der Waals surface area contributed by atoms with Crippen molar-refractivity contribution in [2.75, 3.05) is 0 Å².